The van der Waals surface area contributed by atoms with E-state index in [1.807, 2.05) is 25.3 Å². The van der Waals surface area contributed by atoms with Crippen LogP contribution in [0.3, 0.4) is 0 Å². The molecular formula is C35H44ClN3O6S. The van der Waals surface area contributed by atoms with E-state index in [4.69, 9.17) is 25.8 Å². The van der Waals surface area contributed by atoms with Crippen molar-refractivity contribution >= 4 is 39.0 Å². The second-order valence-electron chi connectivity index (χ2n) is 14.0. The van der Waals surface area contributed by atoms with Crippen LogP contribution in [0.15, 0.2) is 40.8 Å². The second-order valence-corrected chi connectivity index (χ2v) is 16.5. The molecule has 11 heteroatoms. The van der Waals surface area contributed by atoms with Crippen LogP contribution in [-0.4, -0.2) is 68.4 Å². The average Bonchev–Trinajstić information content (AvgIpc) is 3.91. The number of anilines is 1. The Balaban J connectivity index is 1.28. The molecule has 7 rings (SSSR count). The lowest BCUT2D eigenvalue weighted by Crippen LogP contribution is -2.47. The molecule has 9 nitrogen and oxygen atoms in total. The molecule has 2 heterocycles. The minimum atomic E-state index is -3.34. The van der Waals surface area contributed by atoms with E-state index in [0.29, 0.717) is 30.4 Å². The van der Waals surface area contributed by atoms with E-state index >= 15 is 0 Å². The maximum atomic E-state index is 14.0. The van der Waals surface area contributed by atoms with Crippen molar-refractivity contribution in [1.82, 2.24) is 4.72 Å². The maximum Gasteiger partial charge on any atom is 0.286 e. The number of hydrogen-bond donors (Lipinski definition) is 1. The van der Waals surface area contributed by atoms with Crippen LogP contribution in [0.1, 0.15) is 72.9 Å². The zero-order valence-electron chi connectivity index (χ0n) is 26.7. The van der Waals surface area contributed by atoms with Crippen molar-refractivity contribution in [3.63, 3.8) is 0 Å². The summed E-state index contributed by atoms with van der Waals surface area (Å²) in [5.74, 6) is 0.951. The van der Waals surface area contributed by atoms with Crippen molar-refractivity contribution in [1.29, 1.82) is 0 Å². The molecule has 0 saturated heterocycles. The summed E-state index contributed by atoms with van der Waals surface area (Å²) < 4.78 is 38.5. The summed E-state index contributed by atoms with van der Waals surface area (Å²) in [6, 6.07) is 11.7. The van der Waals surface area contributed by atoms with Crippen molar-refractivity contribution in [3.05, 3.63) is 58.1 Å². The third-order valence-electron chi connectivity index (χ3n) is 11.1. The number of nitrogens with zero attached hydrogens (tertiary/aromatic N) is 2. The molecule has 5 aliphatic rings. The summed E-state index contributed by atoms with van der Waals surface area (Å²) in [6.07, 6.45) is 7.70. The molecule has 2 fully saturated rings. The van der Waals surface area contributed by atoms with Gasteiger partial charge in [0.2, 0.25) is 5.91 Å². The average molecular weight is 670 g/mol. The van der Waals surface area contributed by atoms with E-state index in [1.165, 1.54) is 24.7 Å². The number of fused-ring (bicyclic) bond motifs is 4. The van der Waals surface area contributed by atoms with Gasteiger partial charge in [0.1, 0.15) is 15.7 Å². The van der Waals surface area contributed by atoms with Crippen LogP contribution in [0, 0.1) is 17.3 Å². The van der Waals surface area contributed by atoms with Gasteiger partial charge in [-0.25, -0.2) is 4.21 Å². The SMILES string of the molecule is COCCC(=O)N[S@@]1(=O)=NC(=O)c2ccc3c(c2)N(C[C@@]2(CCCc4cc(Cl)ccc42)CO3)C[C@@]23CC2[C@H]3[C@@H](OC)CCCCC1. The molecule has 2 aromatic carbocycles. The molecule has 46 heavy (non-hydrogen) atoms. The van der Waals surface area contributed by atoms with E-state index in [-0.39, 0.29) is 35.7 Å². The standard InChI is InChI=1S/C35H44ClN3O6S/c1-43-15-13-31(40)37-46(42)16-5-3-4-8-30(44-2)32-27-19-35(27,32)21-39-20-34(14-6-7-23-17-25(36)10-11-26(23)34)22-45-29-12-9-24(18-28(29)39)33(41)38-46/h9-12,17-18,27,30,32H,3-8,13-16,19-22H2,1-2H3,(H,37,38,40,41,42)/t27?,30-,32-,34-,35-,46+/m0/s1. The number of halogens is 1. The Labute approximate surface area is 277 Å². The lowest BCUT2D eigenvalue weighted by atomic mass is 9.70. The summed E-state index contributed by atoms with van der Waals surface area (Å²) in [4.78, 5) is 28.8. The fourth-order valence-electron chi connectivity index (χ4n) is 8.56. The summed E-state index contributed by atoms with van der Waals surface area (Å²) in [6.45, 7) is 2.35. The van der Waals surface area contributed by atoms with Crippen LogP contribution >= 0.6 is 11.6 Å². The van der Waals surface area contributed by atoms with Gasteiger partial charge in [0, 0.05) is 43.3 Å². The summed E-state index contributed by atoms with van der Waals surface area (Å²) in [7, 11) is -0.0125. The number of carbonyl (C=O) groups is 2. The molecule has 2 amide bonds. The van der Waals surface area contributed by atoms with Crippen LogP contribution in [0.4, 0.5) is 5.69 Å². The van der Waals surface area contributed by atoms with E-state index in [9.17, 15) is 13.8 Å². The molecule has 248 valence electrons. The van der Waals surface area contributed by atoms with Gasteiger partial charge in [-0.3, -0.25) is 14.3 Å². The molecule has 2 saturated carbocycles. The topological polar surface area (TPSA) is 107 Å². The second kappa shape index (κ2) is 12.4. The van der Waals surface area contributed by atoms with Gasteiger partial charge in [-0.05, 0) is 97.2 Å². The largest absolute Gasteiger partial charge is 0.490 e. The Morgan fingerprint density at radius 1 is 1.15 bits per heavy atom. The molecule has 3 aliphatic carbocycles. The van der Waals surface area contributed by atoms with E-state index in [2.05, 4.69) is 26.1 Å². The van der Waals surface area contributed by atoms with E-state index < -0.39 is 21.7 Å². The third kappa shape index (κ3) is 5.95. The van der Waals surface area contributed by atoms with Gasteiger partial charge < -0.3 is 19.1 Å². The van der Waals surface area contributed by atoms with Crippen LogP contribution in [0.2, 0.25) is 5.02 Å². The zero-order valence-corrected chi connectivity index (χ0v) is 28.3. The molecule has 6 atom stereocenters. The van der Waals surface area contributed by atoms with Crippen molar-refractivity contribution in [2.45, 2.75) is 69.3 Å². The number of nitrogens with one attached hydrogen (secondary N) is 1. The van der Waals surface area contributed by atoms with Gasteiger partial charge in [0.15, 0.2) is 0 Å². The first-order valence-corrected chi connectivity index (χ1v) is 18.7. The van der Waals surface area contributed by atoms with Gasteiger partial charge in [0.05, 0.1) is 37.2 Å². The highest BCUT2D eigenvalue weighted by Gasteiger charge is 2.80. The molecule has 2 aliphatic heterocycles. The van der Waals surface area contributed by atoms with Crippen LogP contribution in [0.5, 0.6) is 5.75 Å². The molecule has 1 unspecified atom stereocenters. The molecule has 0 aromatic heterocycles. The lowest BCUT2D eigenvalue weighted by Gasteiger charge is -2.41. The molecular weight excluding hydrogens is 626 g/mol. The first kappa shape index (κ1) is 31.9. The number of amides is 2. The fourth-order valence-corrected chi connectivity index (χ4v) is 10.4. The molecule has 2 bridgehead atoms. The fraction of sp³-hybridized carbons (Fsp3) is 0.600. The summed E-state index contributed by atoms with van der Waals surface area (Å²) >= 11 is 6.44. The first-order chi connectivity index (χ1) is 22.2. The molecule has 1 N–H and O–H groups in total. The Kier molecular flexibility index (Phi) is 8.61. The lowest BCUT2D eigenvalue weighted by molar-refractivity contribution is -0.120. The number of methoxy groups -OCH3 is 2. The number of aryl methyl sites for hydroxylation is 1. The van der Waals surface area contributed by atoms with Gasteiger partial charge in [-0.1, -0.05) is 30.5 Å². The minimum absolute atomic E-state index is 0.0409. The highest BCUT2D eigenvalue weighted by molar-refractivity contribution is 7.92. The number of rotatable bonds is 5. The van der Waals surface area contributed by atoms with Crippen LogP contribution in [0.25, 0.3) is 0 Å². The zero-order chi connectivity index (χ0) is 32.1. The van der Waals surface area contributed by atoms with E-state index in [1.54, 1.807) is 6.07 Å². The first-order valence-electron chi connectivity index (χ1n) is 16.6. The van der Waals surface area contributed by atoms with Crippen LogP contribution in [-0.2, 0) is 36.0 Å². The van der Waals surface area contributed by atoms with Crippen molar-refractivity contribution in [2.24, 2.45) is 21.6 Å². The summed E-state index contributed by atoms with van der Waals surface area (Å²) in [5.41, 5.74) is 3.76. The number of hydrogen-bond acceptors (Lipinski definition) is 7. The quantitative estimate of drug-likeness (QED) is 0.435. The third-order valence-corrected chi connectivity index (χ3v) is 13.2. The number of carbonyl (C=O) groups excluding carboxylic acids is 2. The Morgan fingerprint density at radius 2 is 2.02 bits per heavy atom. The molecule has 2 spiro atoms. The number of benzene rings is 2. The van der Waals surface area contributed by atoms with Crippen molar-refractivity contribution in [3.8, 4) is 5.75 Å². The Morgan fingerprint density at radius 3 is 2.83 bits per heavy atom. The Bertz CT molecular complexity index is 1660. The van der Waals surface area contributed by atoms with Gasteiger partial charge >= 0.3 is 0 Å². The Hall–Kier alpha value is -2.66. The van der Waals surface area contributed by atoms with Crippen molar-refractivity contribution < 1.29 is 28.0 Å². The highest BCUT2D eigenvalue weighted by Crippen LogP contribution is 2.81. The number of ether oxygens (including phenoxy) is 3. The predicted molar refractivity (Wildman–Crippen MR) is 178 cm³/mol. The highest BCUT2D eigenvalue weighted by atomic mass is 35.5. The smallest absolute Gasteiger partial charge is 0.286 e. The van der Waals surface area contributed by atoms with Gasteiger partial charge in [0.25, 0.3) is 5.91 Å². The van der Waals surface area contributed by atoms with Crippen LogP contribution < -0.4 is 14.4 Å². The minimum Gasteiger partial charge on any atom is -0.490 e. The maximum absolute atomic E-state index is 14.0. The summed E-state index contributed by atoms with van der Waals surface area (Å²) in [5, 5.41) is 0.753. The molecule has 2 aromatic rings. The van der Waals surface area contributed by atoms with Gasteiger partial charge in [-0.15, -0.1) is 4.36 Å². The van der Waals surface area contributed by atoms with Crippen molar-refractivity contribution in [2.75, 3.05) is 51.2 Å². The molecule has 0 radical (unpaired) electrons. The van der Waals surface area contributed by atoms with Gasteiger partial charge in [-0.2, -0.15) is 0 Å². The normalized spacial score (nSPS) is 33.4. The predicted octanol–water partition coefficient (Wildman–Crippen LogP) is 5.71. The monoisotopic (exact) mass is 669 g/mol. The van der Waals surface area contributed by atoms with E-state index in [0.717, 1.165) is 68.1 Å².